The van der Waals surface area contributed by atoms with Crippen LogP contribution in [0, 0.1) is 0 Å². The molecule has 0 unspecified atom stereocenters. The van der Waals surface area contributed by atoms with Crippen molar-refractivity contribution in [3.63, 3.8) is 0 Å². The van der Waals surface area contributed by atoms with Gasteiger partial charge in [-0.3, -0.25) is 0 Å². The second-order valence-electron chi connectivity index (χ2n) is 2.03. The van der Waals surface area contributed by atoms with Gasteiger partial charge in [-0.1, -0.05) is 0 Å². The molecule has 0 bridgehead atoms. The molecule has 0 radical (unpaired) electrons. The Hall–Kier alpha value is -0.780. The summed E-state index contributed by atoms with van der Waals surface area (Å²) in [5.41, 5.74) is -0.984. The fraction of sp³-hybridized carbons (Fsp3) is 0.167. The van der Waals surface area contributed by atoms with Gasteiger partial charge in [0.25, 0.3) is 0 Å². The van der Waals surface area contributed by atoms with Crippen LogP contribution >= 0.6 is 15.9 Å². The highest BCUT2D eigenvalue weighted by molar-refractivity contribution is 9.10. The third kappa shape index (κ3) is 1.88. The van der Waals surface area contributed by atoms with Crippen molar-refractivity contribution in [1.29, 1.82) is 0 Å². The summed E-state index contributed by atoms with van der Waals surface area (Å²) in [6.45, 7) is 0. The first kappa shape index (κ1) is 9.31. The van der Waals surface area contributed by atoms with Crippen LogP contribution < -0.4 is 0 Å². The van der Waals surface area contributed by atoms with Gasteiger partial charge in [-0.2, -0.15) is 13.2 Å². The van der Waals surface area contributed by atoms with Gasteiger partial charge in [0, 0.05) is 0 Å². The number of hydrogen-bond acceptors (Lipinski definition) is 2. The van der Waals surface area contributed by atoms with Gasteiger partial charge >= 0.3 is 6.18 Å². The van der Waals surface area contributed by atoms with E-state index in [1.54, 1.807) is 0 Å². The van der Waals surface area contributed by atoms with Crippen LogP contribution in [0.5, 0.6) is 5.75 Å². The van der Waals surface area contributed by atoms with E-state index in [2.05, 4.69) is 20.9 Å². The van der Waals surface area contributed by atoms with Crippen molar-refractivity contribution in [2.45, 2.75) is 6.18 Å². The molecule has 1 N–H and O–H groups in total. The van der Waals surface area contributed by atoms with Gasteiger partial charge in [-0.15, -0.1) is 0 Å². The minimum absolute atomic E-state index is 0.326. The molecule has 0 saturated carbocycles. The Morgan fingerprint density at radius 1 is 1.42 bits per heavy atom. The molecular formula is C6H3BrF3NO. The molecule has 0 aromatic carbocycles. The van der Waals surface area contributed by atoms with E-state index in [4.69, 9.17) is 5.11 Å². The quantitative estimate of drug-likeness (QED) is 0.709. The van der Waals surface area contributed by atoms with Gasteiger partial charge in [0.15, 0.2) is 0 Å². The molecule has 66 valence electrons. The normalized spacial score (nSPS) is 11.7. The molecule has 0 atom stereocenters. The lowest BCUT2D eigenvalue weighted by Crippen LogP contribution is -2.06. The number of halogens is 4. The zero-order chi connectivity index (χ0) is 9.35. The Morgan fingerprint density at radius 3 is 2.42 bits per heavy atom. The van der Waals surface area contributed by atoms with Gasteiger partial charge < -0.3 is 5.11 Å². The fourth-order valence-corrected chi connectivity index (χ4v) is 1.08. The molecule has 0 fully saturated rings. The molecule has 0 spiro atoms. The molecule has 6 heteroatoms. The Morgan fingerprint density at radius 2 is 2.00 bits per heavy atom. The molecule has 0 amide bonds. The molecule has 1 aromatic rings. The highest BCUT2D eigenvalue weighted by atomic mass is 79.9. The standard InChI is InChI=1S/C6H3BrF3NO/c7-5-4(6(8,9)10)1-3(12)2-11-5/h1-2,12H. The van der Waals surface area contributed by atoms with Crippen molar-refractivity contribution >= 4 is 15.9 Å². The lowest BCUT2D eigenvalue weighted by molar-refractivity contribution is -0.138. The van der Waals surface area contributed by atoms with E-state index in [1.165, 1.54) is 0 Å². The Labute approximate surface area is 74.2 Å². The average molecular weight is 242 g/mol. The summed E-state index contributed by atoms with van der Waals surface area (Å²) >= 11 is 2.62. The highest BCUT2D eigenvalue weighted by Crippen LogP contribution is 2.35. The van der Waals surface area contributed by atoms with Gasteiger partial charge in [0.05, 0.1) is 11.8 Å². The molecule has 0 aliphatic heterocycles. The van der Waals surface area contributed by atoms with Crippen molar-refractivity contribution in [2.75, 3.05) is 0 Å². The number of aromatic hydroxyl groups is 1. The van der Waals surface area contributed by atoms with Crippen LogP contribution in [0.3, 0.4) is 0 Å². The minimum Gasteiger partial charge on any atom is -0.506 e. The maximum Gasteiger partial charge on any atom is 0.419 e. The van der Waals surface area contributed by atoms with E-state index >= 15 is 0 Å². The van der Waals surface area contributed by atoms with E-state index in [0.717, 1.165) is 6.20 Å². The van der Waals surface area contributed by atoms with Crippen LogP contribution in [0.25, 0.3) is 0 Å². The monoisotopic (exact) mass is 241 g/mol. The van der Waals surface area contributed by atoms with E-state index in [9.17, 15) is 13.2 Å². The summed E-state index contributed by atoms with van der Waals surface area (Å²) in [5.74, 6) is -0.509. The zero-order valence-electron chi connectivity index (χ0n) is 5.56. The smallest absolute Gasteiger partial charge is 0.419 e. The predicted molar refractivity (Wildman–Crippen MR) is 38.6 cm³/mol. The SMILES string of the molecule is Oc1cnc(Br)c(C(F)(F)F)c1. The molecular weight excluding hydrogens is 239 g/mol. The van der Waals surface area contributed by atoms with E-state index in [1.807, 2.05) is 0 Å². The molecule has 12 heavy (non-hydrogen) atoms. The van der Waals surface area contributed by atoms with E-state index < -0.39 is 17.5 Å². The van der Waals surface area contributed by atoms with Gasteiger partial charge in [-0.05, 0) is 22.0 Å². The van der Waals surface area contributed by atoms with Crippen LogP contribution in [0.15, 0.2) is 16.9 Å². The number of aromatic nitrogens is 1. The molecule has 1 aromatic heterocycles. The molecule has 2 nitrogen and oxygen atoms in total. The lowest BCUT2D eigenvalue weighted by atomic mass is 10.3. The van der Waals surface area contributed by atoms with Crippen molar-refractivity contribution in [1.82, 2.24) is 4.98 Å². The van der Waals surface area contributed by atoms with Crippen molar-refractivity contribution in [3.8, 4) is 5.75 Å². The van der Waals surface area contributed by atoms with Crippen LogP contribution in [0.2, 0.25) is 0 Å². The summed E-state index contributed by atoms with van der Waals surface area (Å²) < 4.78 is 35.8. The Balaban J connectivity index is 3.23. The fourth-order valence-electron chi connectivity index (χ4n) is 0.636. The summed E-state index contributed by atoms with van der Waals surface area (Å²) in [7, 11) is 0. The number of rotatable bonds is 0. The first-order valence-corrected chi connectivity index (χ1v) is 3.62. The zero-order valence-corrected chi connectivity index (χ0v) is 7.15. The average Bonchev–Trinajstić information content (AvgIpc) is 1.92. The third-order valence-electron chi connectivity index (χ3n) is 1.13. The topological polar surface area (TPSA) is 33.1 Å². The Bertz CT molecular complexity index is 299. The summed E-state index contributed by atoms with van der Waals surface area (Å²) in [6, 6.07) is 0.608. The van der Waals surface area contributed by atoms with Crippen LogP contribution in [0.4, 0.5) is 13.2 Å². The van der Waals surface area contributed by atoms with Gasteiger partial charge in [0.2, 0.25) is 0 Å². The van der Waals surface area contributed by atoms with Crippen LogP contribution in [0.1, 0.15) is 5.56 Å². The summed E-state index contributed by atoms with van der Waals surface area (Å²) in [4.78, 5) is 3.29. The third-order valence-corrected chi connectivity index (χ3v) is 1.76. The van der Waals surface area contributed by atoms with Gasteiger partial charge in [0.1, 0.15) is 10.4 Å². The number of pyridine rings is 1. The maximum absolute atomic E-state index is 12.0. The van der Waals surface area contributed by atoms with E-state index in [0.29, 0.717) is 6.07 Å². The highest BCUT2D eigenvalue weighted by Gasteiger charge is 2.33. The first-order chi connectivity index (χ1) is 5.41. The molecule has 0 aliphatic rings. The second-order valence-corrected chi connectivity index (χ2v) is 2.78. The molecule has 0 saturated heterocycles. The molecule has 1 rings (SSSR count). The molecule has 0 aliphatic carbocycles. The predicted octanol–water partition coefficient (Wildman–Crippen LogP) is 2.57. The number of hydrogen-bond donors (Lipinski definition) is 1. The Kier molecular flexibility index (Phi) is 2.27. The maximum atomic E-state index is 12.0. The summed E-state index contributed by atoms with van der Waals surface area (Å²) in [6.07, 6.45) is -3.57. The number of alkyl halides is 3. The molecule has 1 heterocycles. The first-order valence-electron chi connectivity index (χ1n) is 2.83. The van der Waals surface area contributed by atoms with E-state index in [-0.39, 0.29) is 4.60 Å². The van der Waals surface area contributed by atoms with Crippen molar-refractivity contribution in [2.24, 2.45) is 0 Å². The largest absolute Gasteiger partial charge is 0.506 e. The minimum atomic E-state index is -4.50. The van der Waals surface area contributed by atoms with Crippen LogP contribution in [-0.2, 0) is 6.18 Å². The van der Waals surface area contributed by atoms with Crippen molar-refractivity contribution < 1.29 is 18.3 Å². The van der Waals surface area contributed by atoms with Crippen LogP contribution in [-0.4, -0.2) is 10.1 Å². The summed E-state index contributed by atoms with van der Waals surface area (Å²) in [5, 5.41) is 8.72. The van der Waals surface area contributed by atoms with Gasteiger partial charge in [-0.25, -0.2) is 4.98 Å². The number of nitrogens with zero attached hydrogens (tertiary/aromatic N) is 1. The second kappa shape index (κ2) is 2.93. The lowest BCUT2D eigenvalue weighted by Gasteiger charge is -2.07. The van der Waals surface area contributed by atoms with Crippen molar-refractivity contribution in [3.05, 3.63) is 22.4 Å².